The summed E-state index contributed by atoms with van der Waals surface area (Å²) in [6, 6.07) is 10.1. The number of nitrogens with zero attached hydrogens (tertiary/aromatic N) is 3. The molecule has 0 spiro atoms. The van der Waals surface area contributed by atoms with Crippen molar-refractivity contribution < 1.29 is 9.53 Å². The van der Waals surface area contributed by atoms with Crippen LogP contribution in [0.2, 0.25) is 0 Å². The molecule has 1 heterocycles. The second-order valence-corrected chi connectivity index (χ2v) is 4.88. The van der Waals surface area contributed by atoms with E-state index in [2.05, 4.69) is 11.0 Å². The van der Waals surface area contributed by atoms with E-state index < -0.39 is 0 Å². The maximum atomic E-state index is 11.5. The van der Waals surface area contributed by atoms with Crippen molar-refractivity contribution in [1.29, 1.82) is 5.26 Å². The lowest BCUT2D eigenvalue weighted by atomic mass is 10.0. The molecular weight excluding hydrogens is 254 g/mol. The highest BCUT2D eigenvalue weighted by Gasteiger charge is 2.27. The minimum Gasteiger partial charge on any atom is -0.453 e. The molecular formula is C15H19N3O2. The smallest absolute Gasteiger partial charge is 0.409 e. The Labute approximate surface area is 119 Å². The number of piperazine rings is 1. The Morgan fingerprint density at radius 2 is 1.95 bits per heavy atom. The third kappa shape index (κ3) is 2.91. The van der Waals surface area contributed by atoms with E-state index in [1.54, 1.807) is 4.90 Å². The number of hydrogen-bond acceptors (Lipinski definition) is 4. The molecule has 1 aliphatic heterocycles. The number of methoxy groups -OCH3 is 1. The summed E-state index contributed by atoms with van der Waals surface area (Å²) in [4.78, 5) is 15.2. The fourth-order valence-electron chi connectivity index (χ4n) is 2.53. The lowest BCUT2D eigenvalue weighted by Crippen LogP contribution is -2.49. The molecule has 1 aliphatic rings. The van der Waals surface area contributed by atoms with Crippen molar-refractivity contribution in [3.8, 4) is 6.07 Å². The maximum Gasteiger partial charge on any atom is 0.409 e. The Bertz CT molecular complexity index is 516. The highest BCUT2D eigenvalue weighted by molar-refractivity contribution is 5.67. The van der Waals surface area contributed by atoms with E-state index >= 15 is 0 Å². The molecule has 0 aliphatic carbocycles. The normalized spacial score (nSPS) is 17.4. The Morgan fingerprint density at radius 3 is 2.50 bits per heavy atom. The van der Waals surface area contributed by atoms with E-state index in [0.29, 0.717) is 26.2 Å². The zero-order valence-electron chi connectivity index (χ0n) is 11.9. The van der Waals surface area contributed by atoms with Gasteiger partial charge in [-0.3, -0.25) is 4.90 Å². The van der Waals surface area contributed by atoms with Crippen molar-refractivity contribution in [2.24, 2.45) is 0 Å². The van der Waals surface area contributed by atoms with Crippen molar-refractivity contribution in [1.82, 2.24) is 9.80 Å². The summed E-state index contributed by atoms with van der Waals surface area (Å²) >= 11 is 0. The number of hydrogen-bond donors (Lipinski definition) is 0. The Morgan fingerprint density at radius 1 is 1.30 bits per heavy atom. The van der Waals surface area contributed by atoms with Gasteiger partial charge >= 0.3 is 6.09 Å². The van der Waals surface area contributed by atoms with E-state index in [0.717, 1.165) is 11.1 Å². The molecule has 1 saturated heterocycles. The first-order valence-corrected chi connectivity index (χ1v) is 6.69. The van der Waals surface area contributed by atoms with E-state index in [4.69, 9.17) is 4.74 Å². The number of nitriles is 1. The van der Waals surface area contributed by atoms with Gasteiger partial charge in [0.2, 0.25) is 0 Å². The average Bonchev–Trinajstić information content (AvgIpc) is 2.50. The van der Waals surface area contributed by atoms with Crippen LogP contribution in [0.4, 0.5) is 4.79 Å². The van der Waals surface area contributed by atoms with Crippen LogP contribution < -0.4 is 0 Å². The van der Waals surface area contributed by atoms with Crippen molar-refractivity contribution in [3.05, 3.63) is 35.4 Å². The summed E-state index contributed by atoms with van der Waals surface area (Å²) in [5, 5.41) is 9.48. The molecule has 1 unspecified atom stereocenters. The van der Waals surface area contributed by atoms with Gasteiger partial charge in [-0.2, -0.15) is 5.26 Å². The monoisotopic (exact) mass is 273 g/mol. The molecule has 1 amide bonds. The molecule has 1 aromatic rings. The highest BCUT2D eigenvalue weighted by atomic mass is 16.5. The standard InChI is InChI=1S/C15H19N3O2/c1-12-5-3-4-6-13(12)14(11-16)17-7-9-18(10-8-17)15(19)20-2/h3-6,14H,7-10H2,1-2H3. The van der Waals surface area contributed by atoms with Gasteiger partial charge in [0.05, 0.1) is 13.2 Å². The minimum absolute atomic E-state index is 0.254. The van der Waals surface area contributed by atoms with Crippen LogP contribution in [-0.4, -0.2) is 49.2 Å². The van der Waals surface area contributed by atoms with Crippen LogP contribution in [0.5, 0.6) is 0 Å². The predicted octanol–water partition coefficient (Wildman–Crippen LogP) is 1.94. The van der Waals surface area contributed by atoms with Gasteiger partial charge in [0, 0.05) is 26.2 Å². The van der Waals surface area contributed by atoms with Gasteiger partial charge in [0.1, 0.15) is 6.04 Å². The third-order valence-corrected chi connectivity index (χ3v) is 3.72. The molecule has 2 rings (SSSR count). The minimum atomic E-state index is -0.297. The topological polar surface area (TPSA) is 56.6 Å². The van der Waals surface area contributed by atoms with E-state index in [1.165, 1.54) is 7.11 Å². The van der Waals surface area contributed by atoms with Gasteiger partial charge in [-0.05, 0) is 18.1 Å². The van der Waals surface area contributed by atoms with Gasteiger partial charge in [-0.15, -0.1) is 0 Å². The molecule has 106 valence electrons. The molecule has 1 atom stereocenters. The average molecular weight is 273 g/mol. The highest BCUT2D eigenvalue weighted by Crippen LogP contribution is 2.24. The fraction of sp³-hybridized carbons (Fsp3) is 0.467. The number of rotatable bonds is 2. The van der Waals surface area contributed by atoms with Crippen LogP contribution >= 0.6 is 0 Å². The summed E-state index contributed by atoms with van der Waals surface area (Å²) in [7, 11) is 1.39. The number of amides is 1. The molecule has 1 aromatic carbocycles. The Hall–Kier alpha value is -2.06. The molecule has 20 heavy (non-hydrogen) atoms. The number of carbonyl (C=O) groups excluding carboxylic acids is 1. The number of ether oxygens (including phenoxy) is 1. The molecule has 5 nitrogen and oxygen atoms in total. The molecule has 0 bridgehead atoms. The summed E-state index contributed by atoms with van der Waals surface area (Å²) < 4.78 is 4.72. The first-order valence-electron chi connectivity index (χ1n) is 6.69. The van der Waals surface area contributed by atoms with Gasteiger partial charge in [0.15, 0.2) is 0 Å². The molecule has 5 heteroatoms. The first kappa shape index (κ1) is 14.4. The number of carbonyl (C=O) groups is 1. The Balaban J connectivity index is 2.07. The molecule has 1 fully saturated rings. The van der Waals surface area contributed by atoms with Gasteiger partial charge in [0.25, 0.3) is 0 Å². The van der Waals surface area contributed by atoms with Crippen LogP contribution in [-0.2, 0) is 4.74 Å². The lowest BCUT2D eigenvalue weighted by molar-refractivity contribution is 0.0833. The second-order valence-electron chi connectivity index (χ2n) is 4.88. The zero-order chi connectivity index (χ0) is 14.5. The molecule has 0 aromatic heterocycles. The van der Waals surface area contributed by atoms with Crippen molar-refractivity contribution in [2.45, 2.75) is 13.0 Å². The van der Waals surface area contributed by atoms with Crippen molar-refractivity contribution >= 4 is 6.09 Å². The summed E-state index contributed by atoms with van der Waals surface area (Å²) in [6.45, 7) is 4.57. The van der Waals surface area contributed by atoms with Crippen LogP contribution in [0.3, 0.4) is 0 Å². The summed E-state index contributed by atoms with van der Waals surface area (Å²) in [5.41, 5.74) is 2.16. The quantitative estimate of drug-likeness (QED) is 0.826. The van der Waals surface area contributed by atoms with E-state index in [-0.39, 0.29) is 12.1 Å². The fourth-order valence-corrected chi connectivity index (χ4v) is 2.53. The maximum absolute atomic E-state index is 11.5. The van der Waals surface area contributed by atoms with E-state index in [1.807, 2.05) is 31.2 Å². The number of benzene rings is 1. The van der Waals surface area contributed by atoms with Crippen molar-refractivity contribution in [3.63, 3.8) is 0 Å². The van der Waals surface area contributed by atoms with Gasteiger partial charge < -0.3 is 9.64 Å². The SMILES string of the molecule is COC(=O)N1CCN(C(C#N)c2ccccc2C)CC1. The number of aryl methyl sites for hydroxylation is 1. The van der Waals surface area contributed by atoms with Crippen LogP contribution in [0.25, 0.3) is 0 Å². The molecule has 0 saturated carbocycles. The molecule has 0 radical (unpaired) electrons. The first-order chi connectivity index (χ1) is 9.67. The van der Waals surface area contributed by atoms with Gasteiger partial charge in [-0.25, -0.2) is 4.79 Å². The molecule has 0 N–H and O–H groups in total. The third-order valence-electron chi connectivity index (χ3n) is 3.72. The van der Waals surface area contributed by atoms with Crippen LogP contribution in [0, 0.1) is 18.3 Å². The largest absolute Gasteiger partial charge is 0.453 e. The van der Waals surface area contributed by atoms with E-state index in [9.17, 15) is 10.1 Å². The zero-order valence-corrected chi connectivity index (χ0v) is 11.9. The van der Waals surface area contributed by atoms with Crippen LogP contribution in [0.15, 0.2) is 24.3 Å². The Kier molecular flexibility index (Phi) is 4.59. The van der Waals surface area contributed by atoms with Crippen molar-refractivity contribution in [2.75, 3.05) is 33.3 Å². The summed E-state index contributed by atoms with van der Waals surface area (Å²) in [6.07, 6.45) is -0.297. The lowest BCUT2D eigenvalue weighted by Gasteiger charge is -2.36. The summed E-state index contributed by atoms with van der Waals surface area (Å²) in [5.74, 6) is 0. The predicted molar refractivity (Wildman–Crippen MR) is 75.1 cm³/mol. The van der Waals surface area contributed by atoms with Gasteiger partial charge in [-0.1, -0.05) is 24.3 Å². The van der Waals surface area contributed by atoms with Crippen LogP contribution in [0.1, 0.15) is 17.2 Å². The second kappa shape index (κ2) is 6.40.